The Labute approximate surface area is 124 Å². The molecule has 0 unspecified atom stereocenters. The van der Waals surface area contributed by atoms with Crippen LogP contribution in [0.25, 0.3) is 0 Å². The van der Waals surface area contributed by atoms with Gasteiger partial charge in [0, 0.05) is 34.4 Å². The number of hydrazone groups is 1. The highest BCUT2D eigenvalue weighted by atomic mass is 32.2. The summed E-state index contributed by atoms with van der Waals surface area (Å²) in [5.41, 5.74) is 4.65. The number of aromatic amines is 1. The molecule has 0 radical (unpaired) electrons. The van der Waals surface area contributed by atoms with Crippen LogP contribution in [0, 0.1) is 12.7 Å². The van der Waals surface area contributed by atoms with Gasteiger partial charge in [-0.1, -0.05) is 0 Å². The molecule has 1 aromatic heterocycles. The largest absolute Gasteiger partial charge is 0.291 e. The lowest BCUT2D eigenvalue weighted by Gasteiger charge is -2.17. The summed E-state index contributed by atoms with van der Waals surface area (Å²) in [6, 6.07) is 6.09. The van der Waals surface area contributed by atoms with Crippen LogP contribution in [0.15, 0.2) is 39.1 Å². The standard InChI is InChI=1S/C14H13FN4OS/c1-8-6-13(20)17-14(16-8)19-18-11-4-5-21-12-3-2-9(15)7-10(11)12/h2-3,6-7H,4-5H2,1H3,(H2,16,17,19,20). The summed E-state index contributed by atoms with van der Waals surface area (Å²) in [4.78, 5) is 19.1. The van der Waals surface area contributed by atoms with Crippen molar-refractivity contribution in [3.63, 3.8) is 0 Å². The molecule has 7 heteroatoms. The van der Waals surface area contributed by atoms with Gasteiger partial charge in [-0.05, 0) is 25.1 Å². The normalized spacial score (nSPS) is 15.8. The van der Waals surface area contributed by atoms with Crippen molar-refractivity contribution in [3.8, 4) is 0 Å². The van der Waals surface area contributed by atoms with E-state index in [4.69, 9.17) is 0 Å². The number of aromatic nitrogens is 2. The predicted octanol–water partition coefficient (Wildman–Crippen LogP) is 2.53. The average Bonchev–Trinajstić information content (AvgIpc) is 2.44. The molecule has 2 heterocycles. The summed E-state index contributed by atoms with van der Waals surface area (Å²) >= 11 is 1.68. The second-order valence-electron chi connectivity index (χ2n) is 4.64. The van der Waals surface area contributed by atoms with Crippen molar-refractivity contribution < 1.29 is 4.39 Å². The molecule has 0 aliphatic carbocycles. The molecular weight excluding hydrogens is 291 g/mol. The van der Waals surface area contributed by atoms with Crippen LogP contribution in [0.2, 0.25) is 0 Å². The van der Waals surface area contributed by atoms with Crippen molar-refractivity contribution in [1.82, 2.24) is 9.97 Å². The number of rotatable bonds is 2. The molecule has 2 N–H and O–H groups in total. The maximum absolute atomic E-state index is 13.4. The van der Waals surface area contributed by atoms with Gasteiger partial charge in [0.1, 0.15) is 5.82 Å². The van der Waals surface area contributed by atoms with Crippen molar-refractivity contribution in [2.75, 3.05) is 11.2 Å². The molecule has 0 spiro atoms. The van der Waals surface area contributed by atoms with Crippen LogP contribution < -0.4 is 11.0 Å². The Morgan fingerprint density at radius 3 is 3.10 bits per heavy atom. The van der Waals surface area contributed by atoms with Gasteiger partial charge in [-0.2, -0.15) is 5.10 Å². The number of nitrogens with zero attached hydrogens (tertiary/aromatic N) is 2. The van der Waals surface area contributed by atoms with Gasteiger partial charge in [-0.25, -0.2) is 14.8 Å². The van der Waals surface area contributed by atoms with Gasteiger partial charge < -0.3 is 0 Å². The SMILES string of the molecule is Cc1cc(=O)[nH]c(NN=C2CCSc3ccc(F)cc32)n1. The maximum Gasteiger partial charge on any atom is 0.252 e. The lowest BCUT2D eigenvalue weighted by molar-refractivity contribution is 0.626. The Morgan fingerprint density at radius 1 is 1.43 bits per heavy atom. The number of hydrogen-bond donors (Lipinski definition) is 2. The van der Waals surface area contributed by atoms with Crippen LogP contribution in [-0.4, -0.2) is 21.4 Å². The molecule has 1 aromatic carbocycles. The molecule has 0 fully saturated rings. The van der Waals surface area contributed by atoms with Crippen LogP contribution in [0.4, 0.5) is 10.3 Å². The van der Waals surface area contributed by atoms with E-state index in [-0.39, 0.29) is 17.3 Å². The van der Waals surface area contributed by atoms with E-state index in [1.54, 1.807) is 24.8 Å². The predicted molar refractivity (Wildman–Crippen MR) is 81.5 cm³/mol. The Kier molecular flexibility index (Phi) is 3.74. The quantitative estimate of drug-likeness (QED) is 0.837. The fraction of sp³-hybridized carbons (Fsp3) is 0.214. The van der Waals surface area contributed by atoms with Gasteiger partial charge in [0.05, 0.1) is 5.71 Å². The van der Waals surface area contributed by atoms with E-state index in [9.17, 15) is 9.18 Å². The van der Waals surface area contributed by atoms with Crippen LogP contribution in [0.3, 0.4) is 0 Å². The lowest BCUT2D eigenvalue weighted by Crippen LogP contribution is -2.15. The zero-order valence-electron chi connectivity index (χ0n) is 11.3. The number of H-pyrrole nitrogens is 1. The number of thioether (sulfide) groups is 1. The highest BCUT2D eigenvalue weighted by Gasteiger charge is 2.17. The summed E-state index contributed by atoms with van der Waals surface area (Å²) in [5, 5.41) is 4.27. The molecule has 3 rings (SSSR count). The first-order valence-corrected chi connectivity index (χ1v) is 7.43. The van der Waals surface area contributed by atoms with Gasteiger partial charge in [0.15, 0.2) is 0 Å². The molecule has 0 bridgehead atoms. The number of hydrogen-bond acceptors (Lipinski definition) is 5. The minimum atomic E-state index is -0.286. The minimum Gasteiger partial charge on any atom is -0.291 e. The summed E-state index contributed by atoms with van der Waals surface area (Å²) in [7, 11) is 0. The highest BCUT2D eigenvalue weighted by Crippen LogP contribution is 2.30. The highest BCUT2D eigenvalue weighted by molar-refractivity contribution is 7.99. The summed E-state index contributed by atoms with van der Waals surface area (Å²) in [6.07, 6.45) is 0.726. The van der Waals surface area contributed by atoms with Crippen molar-refractivity contribution in [2.24, 2.45) is 5.10 Å². The summed E-state index contributed by atoms with van der Waals surface area (Å²) in [5.74, 6) is 0.881. The molecule has 0 amide bonds. The number of fused-ring (bicyclic) bond motifs is 1. The Hall–Kier alpha value is -2.15. The van der Waals surface area contributed by atoms with Gasteiger partial charge >= 0.3 is 0 Å². The van der Waals surface area contributed by atoms with Crippen LogP contribution in [-0.2, 0) is 0 Å². The van der Waals surface area contributed by atoms with E-state index >= 15 is 0 Å². The summed E-state index contributed by atoms with van der Waals surface area (Å²) in [6.45, 7) is 1.73. The van der Waals surface area contributed by atoms with E-state index < -0.39 is 0 Å². The minimum absolute atomic E-state index is 0.240. The Balaban J connectivity index is 1.91. The average molecular weight is 304 g/mol. The van der Waals surface area contributed by atoms with Crippen LogP contribution in [0.5, 0.6) is 0 Å². The smallest absolute Gasteiger partial charge is 0.252 e. The van der Waals surface area contributed by atoms with E-state index in [1.165, 1.54) is 18.2 Å². The number of anilines is 1. The Bertz CT molecular complexity index is 772. The number of aryl methyl sites for hydroxylation is 1. The molecule has 21 heavy (non-hydrogen) atoms. The first-order valence-electron chi connectivity index (χ1n) is 6.45. The summed E-state index contributed by atoms with van der Waals surface area (Å²) < 4.78 is 13.4. The molecule has 2 aromatic rings. The zero-order chi connectivity index (χ0) is 14.8. The molecule has 0 atom stereocenters. The van der Waals surface area contributed by atoms with Gasteiger partial charge in [0.25, 0.3) is 5.56 Å². The first-order chi connectivity index (χ1) is 10.1. The van der Waals surface area contributed by atoms with Crippen molar-refractivity contribution >= 4 is 23.4 Å². The molecule has 1 aliphatic heterocycles. The Morgan fingerprint density at radius 2 is 2.29 bits per heavy atom. The molecule has 1 aliphatic rings. The van der Waals surface area contributed by atoms with E-state index in [2.05, 4.69) is 20.5 Å². The van der Waals surface area contributed by atoms with Gasteiger partial charge in [-0.15, -0.1) is 11.8 Å². The van der Waals surface area contributed by atoms with Gasteiger partial charge in [-0.3, -0.25) is 9.78 Å². The first kappa shape index (κ1) is 13.8. The molecule has 5 nitrogen and oxygen atoms in total. The second-order valence-corrected chi connectivity index (χ2v) is 5.78. The van der Waals surface area contributed by atoms with Crippen molar-refractivity contribution in [2.45, 2.75) is 18.2 Å². The van der Waals surface area contributed by atoms with Gasteiger partial charge in [0.2, 0.25) is 5.95 Å². The molecule has 108 valence electrons. The van der Waals surface area contributed by atoms with Crippen LogP contribution >= 0.6 is 11.8 Å². The van der Waals surface area contributed by atoms with E-state index in [0.717, 1.165) is 28.3 Å². The topological polar surface area (TPSA) is 70.1 Å². The molecule has 0 saturated heterocycles. The third-order valence-electron chi connectivity index (χ3n) is 3.02. The third kappa shape index (κ3) is 3.13. The van der Waals surface area contributed by atoms with Crippen LogP contribution in [0.1, 0.15) is 17.7 Å². The molecular formula is C14H13FN4OS. The van der Waals surface area contributed by atoms with E-state index in [1.807, 2.05) is 0 Å². The second kappa shape index (κ2) is 5.69. The number of benzene rings is 1. The maximum atomic E-state index is 13.4. The third-order valence-corrected chi connectivity index (χ3v) is 4.09. The van der Waals surface area contributed by atoms with Crippen molar-refractivity contribution in [1.29, 1.82) is 0 Å². The molecule has 0 saturated carbocycles. The fourth-order valence-corrected chi connectivity index (χ4v) is 3.13. The van der Waals surface area contributed by atoms with Crippen molar-refractivity contribution in [3.05, 3.63) is 51.7 Å². The zero-order valence-corrected chi connectivity index (χ0v) is 12.1. The lowest BCUT2D eigenvalue weighted by atomic mass is 10.1. The fourth-order valence-electron chi connectivity index (χ4n) is 2.11. The number of halogens is 1. The monoisotopic (exact) mass is 304 g/mol. The number of nitrogens with one attached hydrogen (secondary N) is 2. The van der Waals surface area contributed by atoms with E-state index in [0.29, 0.717) is 5.69 Å².